The molecule has 0 aromatic carbocycles. The number of alkyl halides is 1. The van der Waals surface area contributed by atoms with Gasteiger partial charge < -0.3 is 0 Å². The third kappa shape index (κ3) is 4.73. The van der Waals surface area contributed by atoms with Gasteiger partial charge in [-0.2, -0.15) is 0 Å². The van der Waals surface area contributed by atoms with Crippen molar-refractivity contribution in [1.29, 1.82) is 0 Å². The Hall–Kier alpha value is 0.730. The predicted molar refractivity (Wildman–Crippen MR) is 38.1 cm³/mol. The van der Waals surface area contributed by atoms with Gasteiger partial charge in [0.1, 0.15) is 0 Å². The van der Waals surface area contributed by atoms with Crippen LogP contribution in [0.25, 0.3) is 0 Å². The molecule has 0 heterocycles. The molecule has 1 unspecified atom stereocenters. The summed E-state index contributed by atoms with van der Waals surface area (Å²) in [6.07, 6.45) is 2.32. The van der Waals surface area contributed by atoms with Crippen molar-refractivity contribution in [2.45, 2.75) is 23.7 Å². The van der Waals surface area contributed by atoms with Crippen molar-refractivity contribution in [2.24, 2.45) is 0 Å². The van der Waals surface area contributed by atoms with Crippen LogP contribution in [0.4, 0.5) is 0 Å². The van der Waals surface area contributed by atoms with Crippen LogP contribution >= 0.6 is 22.6 Å². The first-order valence-corrected chi connectivity index (χ1v) is 3.45. The van der Waals surface area contributed by atoms with Crippen molar-refractivity contribution in [1.82, 2.24) is 0 Å². The van der Waals surface area contributed by atoms with Gasteiger partial charge >= 0.3 is 0 Å². The Bertz CT molecular complexity index is 25.1. The minimum atomic E-state index is 0.806. The predicted octanol–water partition coefficient (Wildman–Crippen LogP) is 2.42. The third-order valence-corrected chi connectivity index (χ3v) is 1.22. The second-order valence-corrected chi connectivity index (χ2v) is 3.55. The lowest BCUT2D eigenvalue weighted by Gasteiger charge is -1.93. The van der Waals surface area contributed by atoms with E-state index in [1.54, 1.807) is 0 Å². The molecule has 0 aliphatic heterocycles. The normalized spacial score (nSPS) is 14.5. The van der Waals surface area contributed by atoms with E-state index < -0.39 is 0 Å². The van der Waals surface area contributed by atoms with Crippen molar-refractivity contribution >= 4 is 22.6 Å². The molecule has 0 bridgehead atoms. The fraction of sp³-hybridized carbons (Fsp3) is 0.800. The van der Waals surface area contributed by atoms with E-state index in [0.717, 1.165) is 10.3 Å². The number of hydrogen-bond acceptors (Lipinski definition) is 0. The lowest BCUT2D eigenvalue weighted by molar-refractivity contribution is 0.854. The highest BCUT2D eigenvalue weighted by Crippen LogP contribution is 2.04. The van der Waals surface area contributed by atoms with Gasteiger partial charge in [-0.05, 0) is 6.42 Å². The van der Waals surface area contributed by atoms with Gasteiger partial charge in [-0.3, -0.25) is 0 Å². The second kappa shape index (κ2) is 3.90. The van der Waals surface area contributed by atoms with E-state index in [1.807, 2.05) is 0 Å². The summed E-state index contributed by atoms with van der Waals surface area (Å²) in [7, 11) is 0. The molecule has 37 valence electrons. The van der Waals surface area contributed by atoms with Crippen LogP contribution in [0.3, 0.4) is 0 Å². The molecule has 0 N–H and O–H groups in total. The molecule has 0 saturated carbocycles. The topological polar surface area (TPSA) is 0 Å². The number of halogens is 1. The quantitative estimate of drug-likeness (QED) is 0.471. The molecule has 0 aromatic heterocycles. The van der Waals surface area contributed by atoms with Gasteiger partial charge in [0.2, 0.25) is 0 Å². The van der Waals surface area contributed by atoms with Crippen LogP contribution in [0.15, 0.2) is 0 Å². The van der Waals surface area contributed by atoms with Gasteiger partial charge in [-0.1, -0.05) is 42.9 Å². The van der Waals surface area contributed by atoms with Gasteiger partial charge in [-0.25, -0.2) is 0 Å². The highest BCUT2D eigenvalue weighted by molar-refractivity contribution is 14.1. The molecular formula is C5H10I. The standard InChI is InChI=1S/C5H10I/c1-3-4-5(2)6/h5H,1,3-4H2,2H3. The van der Waals surface area contributed by atoms with E-state index in [4.69, 9.17) is 0 Å². The molecule has 0 nitrogen and oxygen atoms in total. The Morgan fingerprint density at radius 2 is 2.33 bits per heavy atom. The zero-order valence-corrected chi connectivity index (χ0v) is 6.23. The molecule has 0 amide bonds. The van der Waals surface area contributed by atoms with Crippen molar-refractivity contribution < 1.29 is 0 Å². The molecule has 0 aliphatic rings. The van der Waals surface area contributed by atoms with E-state index in [2.05, 4.69) is 36.4 Å². The lowest BCUT2D eigenvalue weighted by atomic mass is 10.3. The Kier molecular flexibility index (Phi) is 4.38. The van der Waals surface area contributed by atoms with Crippen LogP contribution in [0, 0.1) is 6.92 Å². The zero-order chi connectivity index (χ0) is 4.99. The van der Waals surface area contributed by atoms with Gasteiger partial charge in [0.05, 0.1) is 0 Å². The summed E-state index contributed by atoms with van der Waals surface area (Å²) in [5.74, 6) is 0. The summed E-state index contributed by atoms with van der Waals surface area (Å²) in [6.45, 7) is 5.92. The fourth-order valence-corrected chi connectivity index (χ4v) is 0.722. The number of rotatable bonds is 2. The van der Waals surface area contributed by atoms with Crippen LogP contribution in [-0.4, -0.2) is 3.92 Å². The molecule has 6 heavy (non-hydrogen) atoms. The summed E-state index contributed by atoms with van der Waals surface area (Å²) in [5, 5.41) is 0. The zero-order valence-electron chi connectivity index (χ0n) is 4.08. The summed E-state index contributed by atoms with van der Waals surface area (Å²) in [4.78, 5) is 0. The van der Waals surface area contributed by atoms with Gasteiger partial charge in [0.15, 0.2) is 0 Å². The largest absolute Gasteiger partial charge is 0.0829 e. The highest BCUT2D eigenvalue weighted by Gasteiger charge is 1.87. The van der Waals surface area contributed by atoms with E-state index in [9.17, 15) is 0 Å². The molecule has 0 aromatic rings. The van der Waals surface area contributed by atoms with E-state index in [-0.39, 0.29) is 0 Å². The van der Waals surface area contributed by atoms with E-state index in [1.165, 1.54) is 6.42 Å². The first-order valence-electron chi connectivity index (χ1n) is 2.20. The summed E-state index contributed by atoms with van der Waals surface area (Å²) < 4.78 is 0.806. The maximum absolute atomic E-state index is 3.72. The third-order valence-electron chi connectivity index (χ3n) is 0.602. The average Bonchev–Trinajstić information content (AvgIpc) is 1.35. The Labute approximate surface area is 53.5 Å². The van der Waals surface area contributed by atoms with Crippen LogP contribution in [0.1, 0.15) is 19.8 Å². The first-order chi connectivity index (χ1) is 2.77. The van der Waals surface area contributed by atoms with Gasteiger partial charge in [-0.15, -0.1) is 0 Å². The molecule has 0 aliphatic carbocycles. The van der Waals surface area contributed by atoms with Gasteiger partial charge in [0.25, 0.3) is 0 Å². The monoisotopic (exact) mass is 197 g/mol. The Morgan fingerprint density at radius 1 is 1.83 bits per heavy atom. The highest BCUT2D eigenvalue weighted by atomic mass is 127. The maximum atomic E-state index is 3.72. The van der Waals surface area contributed by atoms with Crippen LogP contribution in [0.5, 0.6) is 0 Å². The molecule has 0 rings (SSSR count). The summed E-state index contributed by atoms with van der Waals surface area (Å²) >= 11 is 2.40. The SMILES string of the molecule is [CH2]CCC(C)I. The van der Waals surface area contributed by atoms with E-state index >= 15 is 0 Å². The van der Waals surface area contributed by atoms with Gasteiger partial charge in [0, 0.05) is 3.92 Å². The minimum Gasteiger partial charge on any atom is -0.0829 e. The van der Waals surface area contributed by atoms with Crippen molar-refractivity contribution in [3.05, 3.63) is 6.92 Å². The van der Waals surface area contributed by atoms with Crippen LogP contribution in [0.2, 0.25) is 0 Å². The smallest absolute Gasteiger partial charge is 0.00813 e. The molecule has 1 heteroatoms. The first kappa shape index (κ1) is 6.73. The molecule has 1 atom stereocenters. The number of hydrogen-bond donors (Lipinski definition) is 0. The van der Waals surface area contributed by atoms with Crippen molar-refractivity contribution in [2.75, 3.05) is 0 Å². The van der Waals surface area contributed by atoms with E-state index in [0.29, 0.717) is 0 Å². The maximum Gasteiger partial charge on any atom is 0.00813 e. The molecule has 0 saturated heterocycles. The lowest BCUT2D eigenvalue weighted by Crippen LogP contribution is -1.84. The van der Waals surface area contributed by atoms with Crippen LogP contribution in [-0.2, 0) is 0 Å². The summed E-state index contributed by atoms with van der Waals surface area (Å²) in [6, 6.07) is 0. The second-order valence-electron chi connectivity index (χ2n) is 1.42. The molecular weight excluding hydrogens is 187 g/mol. The average molecular weight is 197 g/mol. The van der Waals surface area contributed by atoms with Crippen LogP contribution < -0.4 is 0 Å². The minimum absolute atomic E-state index is 0.806. The Balaban J connectivity index is 2.63. The van der Waals surface area contributed by atoms with Crippen molar-refractivity contribution in [3.63, 3.8) is 0 Å². The molecule has 1 radical (unpaired) electrons. The molecule has 0 spiro atoms. The molecule has 0 fully saturated rings. The Morgan fingerprint density at radius 3 is 2.33 bits per heavy atom. The summed E-state index contributed by atoms with van der Waals surface area (Å²) in [5.41, 5.74) is 0. The fourth-order valence-electron chi connectivity index (χ4n) is 0.281. The van der Waals surface area contributed by atoms with Crippen molar-refractivity contribution in [3.8, 4) is 0 Å².